The van der Waals surface area contributed by atoms with Gasteiger partial charge in [0.05, 0.1) is 6.10 Å². The van der Waals surface area contributed by atoms with E-state index >= 15 is 0 Å². The van der Waals surface area contributed by atoms with Crippen LogP contribution in [-0.4, -0.2) is 28.2 Å². The minimum atomic E-state index is -0.361. The van der Waals surface area contributed by atoms with Crippen molar-refractivity contribution >= 4 is 16.8 Å². The van der Waals surface area contributed by atoms with Gasteiger partial charge in [-0.3, -0.25) is 4.79 Å². The van der Waals surface area contributed by atoms with Crippen molar-refractivity contribution in [2.45, 2.75) is 39.8 Å². The number of aliphatic hydroxyl groups is 1. The number of carbonyl (C=O) groups excluding carboxylic acids is 1. The lowest BCUT2D eigenvalue weighted by molar-refractivity contribution is -0.121. The lowest BCUT2D eigenvalue weighted by Gasteiger charge is -2.14. The zero-order valence-corrected chi connectivity index (χ0v) is 13.0. The fraction of sp³-hybridized carbons (Fsp3) is 0.471. The van der Waals surface area contributed by atoms with Gasteiger partial charge in [0.1, 0.15) is 6.54 Å². The molecular weight excluding hydrogens is 264 g/mol. The third kappa shape index (κ3) is 3.85. The summed E-state index contributed by atoms with van der Waals surface area (Å²) in [5.41, 5.74) is 2.25. The summed E-state index contributed by atoms with van der Waals surface area (Å²) >= 11 is 0. The third-order valence-corrected chi connectivity index (χ3v) is 3.83. The molecule has 0 aliphatic carbocycles. The second-order valence-corrected chi connectivity index (χ2v) is 5.91. The first kappa shape index (κ1) is 15.6. The van der Waals surface area contributed by atoms with Gasteiger partial charge in [0.25, 0.3) is 0 Å². The van der Waals surface area contributed by atoms with Gasteiger partial charge >= 0.3 is 0 Å². The van der Waals surface area contributed by atoms with E-state index < -0.39 is 0 Å². The molecule has 2 N–H and O–H groups in total. The number of hydrogen-bond donors (Lipinski definition) is 2. The highest BCUT2D eigenvalue weighted by Gasteiger charge is 2.11. The van der Waals surface area contributed by atoms with Crippen LogP contribution in [0.4, 0.5) is 0 Å². The molecule has 0 aliphatic heterocycles. The van der Waals surface area contributed by atoms with Crippen LogP contribution in [-0.2, 0) is 11.3 Å². The Morgan fingerprint density at radius 2 is 2.05 bits per heavy atom. The molecule has 0 saturated heterocycles. The molecule has 1 aromatic carbocycles. The Bertz CT molecular complexity index is 616. The van der Waals surface area contributed by atoms with E-state index in [9.17, 15) is 9.90 Å². The topological polar surface area (TPSA) is 54.3 Å². The van der Waals surface area contributed by atoms with Gasteiger partial charge in [-0.05, 0) is 30.9 Å². The molecule has 0 aliphatic rings. The smallest absolute Gasteiger partial charge is 0.239 e. The number of carbonyl (C=O) groups is 1. The van der Waals surface area contributed by atoms with Gasteiger partial charge in [-0.25, -0.2) is 0 Å². The van der Waals surface area contributed by atoms with Gasteiger partial charge < -0.3 is 15.0 Å². The van der Waals surface area contributed by atoms with E-state index in [1.54, 1.807) is 0 Å². The molecule has 21 heavy (non-hydrogen) atoms. The molecule has 2 rings (SSSR count). The van der Waals surface area contributed by atoms with Crippen LogP contribution in [0.2, 0.25) is 0 Å². The highest BCUT2D eigenvalue weighted by Crippen LogP contribution is 2.20. The number of hydrogen-bond acceptors (Lipinski definition) is 2. The predicted molar refractivity (Wildman–Crippen MR) is 85.1 cm³/mol. The second-order valence-electron chi connectivity index (χ2n) is 5.91. The average molecular weight is 288 g/mol. The fourth-order valence-electron chi connectivity index (χ4n) is 2.46. The molecule has 0 radical (unpaired) electrons. The van der Waals surface area contributed by atoms with Gasteiger partial charge in [-0.2, -0.15) is 0 Å². The van der Waals surface area contributed by atoms with Crippen molar-refractivity contribution < 1.29 is 9.90 Å². The van der Waals surface area contributed by atoms with E-state index in [0.717, 1.165) is 5.52 Å². The number of nitrogens with zero attached hydrogens (tertiary/aromatic N) is 1. The Labute approximate surface area is 125 Å². The van der Waals surface area contributed by atoms with Crippen LogP contribution in [0.5, 0.6) is 0 Å². The number of rotatable bonds is 6. The highest BCUT2D eigenvalue weighted by atomic mass is 16.3. The van der Waals surface area contributed by atoms with Crippen molar-refractivity contribution in [3.8, 4) is 0 Å². The van der Waals surface area contributed by atoms with E-state index in [0.29, 0.717) is 19.5 Å². The molecule has 1 aromatic heterocycles. The summed E-state index contributed by atoms with van der Waals surface area (Å²) in [6.07, 6.45) is 2.24. The zero-order valence-electron chi connectivity index (χ0n) is 13.0. The van der Waals surface area contributed by atoms with Crippen molar-refractivity contribution in [2.75, 3.05) is 6.54 Å². The summed E-state index contributed by atoms with van der Waals surface area (Å²) in [5.74, 6) is 0.199. The molecule has 0 spiro atoms. The Kier molecular flexibility index (Phi) is 5.02. The normalized spacial score (nSPS) is 12.8. The number of aryl methyl sites for hydroxylation is 1. The second kappa shape index (κ2) is 6.76. The first-order valence-electron chi connectivity index (χ1n) is 7.48. The molecule has 0 saturated carbocycles. The maximum absolute atomic E-state index is 12.0. The minimum Gasteiger partial charge on any atom is -0.393 e. The van der Waals surface area contributed by atoms with E-state index in [-0.39, 0.29) is 17.9 Å². The van der Waals surface area contributed by atoms with Crippen molar-refractivity contribution in [1.29, 1.82) is 0 Å². The van der Waals surface area contributed by atoms with Gasteiger partial charge in [-0.1, -0.05) is 32.0 Å². The van der Waals surface area contributed by atoms with Gasteiger partial charge in [0, 0.05) is 23.6 Å². The van der Waals surface area contributed by atoms with Crippen LogP contribution in [0, 0.1) is 12.8 Å². The number of para-hydroxylation sites is 1. The van der Waals surface area contributed by atoms with Crippen molar-refractivity contribution in [2.24, 2.45) is 5.92 Å². The molecule has 2 aromatic rings. The molecule has 1 unspecified atom stereocenters. The molecular formula is C17H24N2O2. The SMILES string of the molecule is Cc1cn(CC(=O)NCCC(O)C(C)C)c2ccccc12. The average Bonchev–Trinajstić information content (AvgIpc) is 2.76. The van der Waals surface area contributed by atoms with E-state index in [2.05, 4.69) is 18.3 Å². The van der Waals surface area contributed by atoms with E-state index in [1.165, 1.54) is 10.9 Å². The summed E-state index contributed by atoms with van der Waals surface area (Å²) in [6.45, 7) is 6.82. The summed E-state index contributed by atoms with van der Waals surface area (Å²) < 4.78 is 1.97. The largest absolute Gasteiger partial charge is 0.393 e. The lowest BCUT2D eigenvalue weighted by Crippen LogP contribution is -2.31. The number of aliphatic hydroxyl groups excluding tert-OH is 1. The first-order valence-corrected chi connectivity index (χ1v) is 7.48. The fourth-order valence-corrected chi connectivity index (χ4v) is 2.46. The minimum absolute atomic E-state index is 0.0216. The van der Waals surface area contributed by atoms with Crippen LogP contribution in [0.15, 0.2) is 30.5 Å². The van der Waals surface area contributed by atoms with Crippen molar-refractivity contribution in [3.63, 3.8) is 0 Å². The Morgan fingerprint density at radius 1 is 1.33 bits per heavy atom. The summed E-state index contributed by atoms with van der Waals surface area (Å²) in [4.78, 5) is 12.0. The maximum atomic E-state index is 12.0. The summed E-state index contributed by atoms with van der Waals surface area (Å²) in [5, 5.41) is 13.8. The first-order chi connectivity index (χ1) is 9.99. The van der Waals surface area contributed by atoms with E-state index in [1.807, 2.05) is 42.8 Å². The Hall–Kier alpha value is -1.81. The van der Waals surface area contributed by atoms with Crippen LogP contribution in [0.3, 0.4) is 0 Å². The number of fused-ring (bicyclic) bond motifs is 1. The quantitative estimate of drug-likeness (QED) is 0.858. The number of benzene rings is 1. The van der Waals surface area contributed by atoms with Crippen LogP contribution >= 0.6 is 0 Å². The number of aromatic nitrogens is 1. The van der Waals surface area contributed by atoms with Gasteiger partial charge in [0.15, 0.2) is 0 Å². The van der Waals surface area contributed by atoms with Gasteiger partial charge in [0.2, 0.25) is 5.91 Å². The summed E-state index contributed by atoms with van der Waals surface area (Å²) in [7, 11) is 0. The van der Waals surface area contributed by atoms with Gasteiger partial charge in [-0.15, -0.1) is 0 Å². The standard InChI is InChI=1S/C17H24N2O2/c1-12(2)16(20)8-9-18-17(21)11-19-10-13(3)14-6-4-5-7-15(14)19/h4-7,10,12,16,20H,8-9,11H2,1-3H3,(H,18,21). The van der Waals surface area contributed by atoms with E-state index in [4.69, 9.17) is 0 Å². The number of nitrogens with one attached hydrogen (secondary N) is 1. The molecule has 4 nitrogen and oxygen atoms in total. The third-order valence-electron chi connectivity index (χ3n) is 3.83. The Morgan fingerprint density at radius 3 is 2.76 bits per heavy atom. The predicted octanol–water partition coefficient (Wildman–Crippen LogP) is 2.47. The summed E-state index contributed by atoms with van der Waals surface area (Å²) in [6, 6.07) is 8.08. The van der Waals surface area contributed by atoms with Crippen molar-refractivity contribution in [1.82, 2.24) is 9.88 Å². The van der Waals surface area contributed by atoms with Crippen LogP contribution < -0.4 is 5.32 Å². The van der Waals surface area contributed by atoms with Crippen LogP contribution in [0.25, 0.3) is 10.9 Å². The van der Waals surface area contributed by atoms with Crippen LogP contribution in [0.1, 0.15) is 25.8 Å². The molecule has 114 valence electrons. The number of amides is 1. The molecule has 0 fully saturated rings. The molecule has 0 bridgehead atoms. The monoisotopic (exact) mass is 288 g/mol. The Balaban J connectivity index is 1.93. The zero-order chi connectivity index (χ0) is 15.4. The molecule has 1 heterocycles. The molecule has 4 heteroatoms. The molecule has 1 amide bonds. The molecule has 1 atom stereocenters. The van der Waals surface area contributed by atoms with Crippen molar-refractivity contribution in [3.05, 3.63) is 36.0 Å². The highest BCUT2D eigenvalue weighted by molar-refractivity contribution is 5.85. The lowest BCUT2D eigenvalue weighted by atomic mass is 10.0. The maximum Gasteiger partial charge on any atom is 0.239 e.